The van der Waals surface area contributed by atoms with Crippen LogP contribution in [0, 0.1) is 0 Å². The molecular weight excluding hydrogens is 518 g/mol. The third-order valence-electron chi connectivity index (χ3n) is 6.23. The molecule has 0 aliphatic carbocycles. The first-order valence-corrected chi connectivity index (χ1v) is 14.2. The van der Waals surface area contributed by atoms with Gasteiger partial charge in [0.2, 0.25) is 0 Å². The van der Waals surface area contributed by atoms with Gasteiger partial charge < -0.3 is 9.47 Å². The Bertz CT molecular complexity index is 1480. The Morgan fingerprint density at radius 2 is 1.87 bits per heavy atom. The molecule has 3 aromatic carbocycles. The van der Waals surface area contributed by atoms with Crippen LogP contribution in [0.2, 0.25) is 0 Å². The minimum absolute atomic E-state index is 0.103. The molecule has 1 aliphatic heterocycles. The van der Waals surface area contributed by atoms with E-state index in [0.29, 0.717) is 18.7 Å². The van der Waals surface area contributed by atoms with Crippen LogP contribution in [0.3, 0.4) is 0 Å². The summed E-state index contributed by atoms with van der Waals surface area (Å²) >= 11 is 2.77. The van der Waals surface area contributed by atoms with E-state index in [1.165, 1.54) is 23.1 Å². The van der Waals surface area contributed by atoms with E-state index in [-0.39, 0.29) is 30.1 Å². The molecule has 1 amide bonds. The van der Waals surface area contributed by atoms with E-state index in [4.69, 9.17) is 14.6 Å². The maximum absolute atomic E-state index is 13.5. The fourth-order valence-electron chi connectivity index (χ4n) is 4.35. The van der Waals surface area contributed by atoms with Crippen LogP contribution < -0.4 is 4.74 Å². The number of methoxy groups -OCH3 is 1. The summed E-state index contributed by atoms with van der Waals surface area (Å²) in [5.74, 6) is 0.542. The highest BCUT2D eigenvalue weighted by Crippen LogP contribution is 2.35. The van der Waals surface area contributed by atoms with Crippen LogP contribution >= 0.6 is 23.1 Å². The number of rotatable bonds is 9. The molecular formula is C29H27N3O4S2. The normalized spacial score (nSPS) is 14.9. The van der Waals surface area contributed by atoms with E-state index in [1.54, 1.807) is 19.0 Å². The Morgan fingerprint density at radius 1 is 1.08 bits per heavy atom. The molecule has 0 bridgehead atoms. The maximum Gasteiger partial charge on any atom is 0.311 e. The van der Waals surface area contributed by atoms with E-state index >= 15 is 0 Å². The predicted octanol–water partition coefficient (Wildman–Crippen LogP) is 5.88. The van der Waals surface area contributed by atoms with Crippen molar-refractivity contribution in [2.45, 2.75) is 30.1 Å². The lowest BCUT2D eigenvalue weighted by atomic mass is 9.97. The van der Waals surface area contributed by atoms with E-state index in [2.05, 4.69) is 35.3 Å². The summed E-state index contributed by atoms with van der Waals surface area (Å²) in [7, 11) is 1.63. The number of carbonyl (C=O) groups excluding carboxylic acids is 2. The summed E-state index contributed by atoms with van der Waals surface area (Å²) in [5, 5.41) is 10.6. The Balaban J connectivity index is 1.35. The Hall–Kier alpha value is -3.69. The van der Waals surface area contributed by atoms with Crippen molar-refractivity contribution in [2.24, 2.45) is 5.10 Å². The fourth-order valence-corrected chi connectivity index (χ4v) is 6.05. The molecule has 2 heterocycles. The number of esters is 1. The van der Waals surface area contributed by atoms with Crippen molar-refractivity contribution in [3.8, 4) is 5.75 Å². The number of hydrazone groups is 1. The highest BCUT2D eigenvalue weighted by atomic mass is 32.2. The molecule has 0 unspecified atom stereocenters. The van der Waals surface area contributed by atoms with Gasteiger partial charge >= 0.3 is 5.97 Å². The van der Waals surface area contributed by atoms with Crippen molar-refractivity contribution < 1.29 is 19.1 Å². The highest BCUT2D eigenvalue weighted by molar-refractivity contribution is 8.01. The van der Waals surface area contributed by atoms with Crippen LogP contribution in [0.1, 0.15) is 36.2 Å². The average Bonchev–Trinajstić information content (AvgIpc) is 3.59. The number of thioether (sulfide) groups is 1. The first-order chi connectivity index (χ1) is 18.5. The summed E-state index contributed by atoms with van der Waals surface area (Å²) in [6.45, 7) is 2.11. The molecule has 9 heteroatoms. The maximum atomic E-state index is 13.5. The van der Waals surface area contributed by atoms with Crippen molar-refractivity contribution in [1.29, 1.82) is 0 Å². The van der Waals surface area contributed by atoms with Gasteiger partial charge in [-0.3, -0.25) is 9.59 Å². The smallest absolute Gasteiger partial charge is 0.311 e. The standard InChI is InChI=1S/C29H27N3O4S2/c1-3-36-28(34)15-23-17-37-29(30-23)38-18-27(33)32-26(20-10-12-24(35-2)13-11-20)16-25(31-32)22-9-8-19-6-4-5-7-21(19)14-22/h4-14,17,26H,3,15-16,18H2,1-2H3/t26-/m1/s1. The summed E-state index contributed by atoms with van der Waals surface area (Å²) < 4.78 is 11.0. The quantitative estimate of drug-likeness (QED) is 0.193. The molecule has 1 aromatic heterocycles. The number of hydrogen-bond acceptors (Lipinski definition) is 8. The monoisotopic (exact) mass is 545 g/mol. The zero-order valence-electron chi connectivity index (χ0n) is 21.1. The predicted molar refractivity (Wildman–Crippen MR) is 151 cm³/mol. The molecule has 38 heavy (non-hydrogen) atoms. The zero-order chi connectivity index (χ0) is 26.5. The molecule has 0 saturated carbocycles. The average molecular weight is 546 g/mol. The third-order valence-corrected chi connectivity index (χ3v) is 8.28. The summed E-state index contributed by atoms with van der Waals surface area (Å²) in [6.07, 6.45) is 0.742. The van der Waals surface area contributed by atoms with Crippen molar-refractivity contribution in [3.05, 3.63) is 88.9 Å². The summed E-state index contributed by atoms with van der Waals surface area (Å²) in [6, 6.07) is 22.1. The molecule has 1 aliphatic rings. The van der Waals surface area contributed by atoms with Gasteiger partial charge in [0.25, 0.3) is 5.91 Å². The van der Waals surface area contributed by atoms with Gasteiger partial charge in [-0.2, -0.15) is 5.10 Å². The van der Waals surface area contributed by atoms with E-state index < -0.39 is 0 Å². The van der Waals surface area contributed by atoms with Crippen molar-refractivity contribution in [1.82, 2.24) is 9.99 Å². The molecule has 0 spiro atoms. The van der Waals surface area contributed by atoms with Gasteiger partial charge in [-0.25, -0.2) is 9.99 Å². The Labute approximate surface area is 229 Å². The number of thiazole rings is 1. The minimum Gasteiger partial charge on any atom is -0.497 e. The molecule has 0 N–H and O–H groups in total. The van der Waals surface area contributed by atoms with Gasteiger partial charge in [0.15, 0.2) is 4.34 Å². The lowest BCUT2D eigenvalue weighted by Crippen LogP contribution is -2.28. The van der Waals surface area contributed by atoms with Crippen molar-refractivity contribution in [2.75, 3.05) is 19.5 Å². The molecule has 5 rings (SSSR count). The molecule has 7 nitrogen and oxygen atoms in total. The summed E-state index contributed by atoms with van der Waals surface area (Å²) in [4.78, 5) is 29.7. The van der Waals surface area contributed by atoms with Crippen LogP contribution in [0.15, 0.2) is 81.6 Å². The van der Waals surface area contributed by atoms with Gasteiger partial charge in [-0.15, -0.1) is 11.3 Å². The Kier molecular flexibility index (Phi) is 8.05. The van der Waals surface area contributed by atoms with Gasteiger partial charge in [-0.05, 0) is 47.0 Å². The molecule has 1 atom stereocenters. The topological polar surface area (TPSA) is 81.1 Å². The molecule has 4 aromatic rings. The number of ether oxygens (including phenoxy) is 2. The molecule has 0 fully saturated rings. The van der Waals surface area contributed by atoms with Crippen molar-refractivity contribution >= 4 is 51.5 Å². The number of amides is 1. The minimum atomic E-state index is -0.305. The van der Waals surface area contributed by atoms with Crippen molar-refractivity contribution in [3.63, 3.8) is 0 Å². The van der Waals surface area contributed by atoms with Gasteiger partial charge in [0, 0.05) is 11.8 Å². The van der Waals surface area contributed by atoms with E-state index in [0.717, 1.165) is 37.7 Å². The summed E-state index contributed by atoms with van der Waals surface area (Å²) in [5.41, 5.74) is 3.53. The van der Waals surface area contributed by atoms with Gasteiger partial charge in [0.05, 0.1) is 43.3 Å². The zero-order valence-corrected chi connectivity index (χ0v) is 22.8. The van der Waals surface area contributed by atoms with Gasteiger partial charge in [0.1, 0.15) is 5.75 Å². The van der Waals surface area contributed by atoms with Gasteiger partial charge in [-0.1, -0.05) is 60.3 Å². The van der Waals surface area contributed by atoms with E-state index in [9.17, 15) is 9.59 Å². The first kappa shape index (κ1) is 25.9. The molecule has 194 valence electrons. The highest BCUT2D eigenvalue weighted by Gasteiger charge is 2.33. The molecule has 0 saturated heterocycles. The number of fused-ring (bicyclic) bond motifs is 1. The third kappa shape index (κ3) is 5.89. The first-order valence-electron chi connectivity index (χ1n) is 12.3. The molecule has 0 radical (unpaired) electrons. The second-order valence-corrected chi connectivity index (χ2v) is 10.8. The Morgan fingerprint density at radius 3 is 2.63 bits per heavy atom. The lowest BCUT2D eigenvalue weighted by molar-refractivity contribution is -0.142. The van der Waals surface area contributed by atoms with E-state index in [1.807, 2.05) is 41.8 Å². The number of carbonyl (C=O) groups is 2. The number of nitrogens with zero attached hydrogens (tertiary/aromatic N) is 3. The SMILES string of the molecule is CCOC(=O)Cc1csc(SCC(=O)N2N=C(c3ccc4ccccc4c3)C[C@@H]2c2ccc(OC)cc2)n1. The van der Waals surface area contributed by atoms with Crippen LogP contribution in [-0.4, -0.2) is 47.1 Å². The number of hydrogen-bond donors (Lipinski definition) is 0. The van der Waals surface area contributed by atoms with Crippen LogP contribution in [0.4, 0.5) is 0 Å². The largest absolute Gasteiger partial charge is 0.497 e. The lowest BCUT2D eigenvalue weighted by Gasteiger charge is -2.22. The van der Waals surface area contributed by atoms with Crippen LogP contribution in [-0.2, 0) is 20.7 Å². The van der Waals surface area contributed by atoms with Crippen LogP contribution in [0.5, 0.6) is 5.75 Å². The van der Waals surface area contributed by atoms with Crippen LogP contribution in [0.25, 0.3) is 10.8 Å². The second-order valence-electron chi connectivity index (χ2n) is 8.72. The second kappa shape index (κ2) is 11.8. The number of benzene rings is 3. The number of aromatic nitrogens is 1. The fraction of sp³-hybridized carbons (Fsp3) is 0.241.